The predicted molar refractivity (Wildman–Crippen MR) is 109 cm³/mol. The molecule has 1 aliphatic heterocycles. The minimum absolute atomic E-state index is 0.0301. The summed E-state index contributed by atoms with van der Waals surface area (Å²) in [6, 6.07) is 3.48. The van der Waals surface area contributed by atoms with E-state index < -0.39 is 11.9 Å². The van der Waals surface area contributed by atoms with Gasteiger partial charge in [0.1, 0.15) is 9.90 Å². The number of carbonyl (C=O) groups excluding carboxylic acids is 1. The van der Waals surface area contributed by atoms with Gasteiger partial charge in [-0.1, -0.05) is 24.0 Å². The first-order chi connectivity index (χ1) is 12.7. The van der Waals surface area contributed by atoms with Gasteiger partial charge in [0.05, 0.1) is 22.3 Å². The molecule has 7 nitrogen and oxygen atoms in total. The monoisotopic (exact) mass is 404 g/mol. The van der Waals surface area contributed by atoms with Crippen LogP contribution in [0.2, 0.25) is 0 Å². The van der Waals surface area contributed by atoms with E-state index in [1.165, 1.54) is 11.0 Å². The predicted octanol–water partition coefficient (Wildman–Crippen LogP) is 2.67. The molecule has 0 unspecified atom stereocenters. The molecule has 0 radical (unpaired) electrons. The van der Waals surface area contributed by atoms with E-state index in [9.17, 15) is 14.4 Å². The summed E-state index contributed by atoms with van der Waals surface area (Å²) in [6.45, 7) is 3.76. The van der Waals surface area contributed by atoms with Crippen molar-refractivity contribution in [2.75, 3.05) is 12.3 Å². The Labute approximate surface area is 163 Å². The lowest BCUT2D eigenvalue weighted by Crippen LogP contribution is -2.30. The highest BCUT2D eigenvalue weighted by Gasteiger charge is 2.32. The van der Waals surface area contributed by atoms with Gasteiger partial charge in [0.15, 0.2) is 0 Å². The smallest absolute Gasteiger partial charge is 0.305 e. The van der Waals surface area contributed by atoms with Crippen LogP contribution in [0, 0.1) is 13.8 Å². The first-order valence-electron chi connectivity index (χ1n) is 7.99. The molecule has 2 heterocycles. The summed E-state index contributed by atoms with van der Waals surface area (Å²) in [6.07, 6.45) is 1.13. The number of fused-ring (bicyclic) bond motifs is 1. The maximum Gasteiger partial charge on any atom is 0.305 e. The van der Waals surface area contributed by atoms with Crippen molar-refractivity contribution in [3.05, 3.63) is 44.0 Å². The van der Waals surface area contributed by atoms with Crippen LogP contribution in [-0.4, -0.2) is 32.7 Å². The normalized spacial score (nSPS) is 15.9. The molecule has 1 aromatic carbocycles. The van der Waals surface area contributed by atoms with Crippen molar-refractivity contribution < 1.29 is 19.1 Å². The number of thiocarbonyl (C=S) groups is 1. The maximum atomic E-state index is 12.9. The average molecular weight is 404 g/mol. The van der Waals surface area contributed by atoms with Gasteiger partial charge in [-0.05, 0) is 43.2 Å². The number of nitrogens with two attached hydrogens (primary N) is 1. The highest BCUT2D eigenvalue weighted by atomic mass is 32.2. The number of hydrogen-bond acceptors (Lipinski definition) is 7. The third-order valence-corrected chi connectivity index (χ3v) is 5.65. The minimum Gasteiger partial charge on any atom is -0.481 e. The number of aryl methyl sites for hydroxylation is 2. The highest BCUT2D eigenvalue weighted by molar-refractivity contribution is 8.26. The second kappa shape index (κ2) is 7.16. The summed E-state index contributed by atoms with van der Waals surface area (Å²) in [7, 11) is 0. The Morgan fingerprint density at radius 1 is 1.33 bits per heavy atom. The Balaban J connectivity index is 2.04. The van der Waals surface area contributed by atoms with E-state index in [1.807, 2.05) is 13.8 Å². The van der Waals surface area contributed by atoms with Crippen LogP contribution in [-0.2, 0) is 9.59 Å². The molecule has 0 bridgehead atoms. The molecule has 1 aliphatic rings. The van der Waals surface area contributed by atoms with E-state index in [0.29, 0.717) is 11.0 Å². The number of amides is 1. The van der Waals surface area contributed by atoms with Crippen molar-refractivity contribution in [3.8, 4) is 0 Å². The molecular weight excluding hydrogens is 388 g/mol. The number of rotatable bonds is 4. The second-order valence-electron chi connectivity index (χ2n) is 6.12. The summed E-state index contributed by atoms with van der Waals surface area (Å²) in [5, 5.41) is 9.16. The first-order valence-corrected chi connectivity index (χ1v) is 9.22. The van der Waals surface area contributed by atoms with Gasteiger partial charge < -0.3 is 15.3 Å². The molecule has 1 saturated heterocycles. The van der Waals surface area contributed by atoms with Crippen molar-refractivity contribution in [2.45, 2.75) is 20.3 Å². The van der Waals surface area contributed by atoms with E-state index in [1.54, 1.807) is 12.1 Å². The first kappa shape index (κ1) is 19.1. The van der Waals surface area contributed by atoms with Gasteiger partial charge in [0.25, 0.3) is 5.91 Å². The molecule has 0 saturated carbocycles. The molecule has 2 aromatic rings. The molecule has 1 fully saturated rings. The standard InChI is InChI=1S/C18H16N2O5S2/c1-8-5-10-12(6-9(8)2)25-16(19)11(15(10)23)7-13-17(24)20(18(26)27-13)4-3-14(21)22/h5-7H,3-4,19H2,1-2H3,(H,21,22)/b13-7+. The summed E-state index contributed by atoms with van der Waals surface area (Å²) in [4.78, 5) is 37.5. The van der Waals surface area contributed by atoms with Crippen molar-refractivity contribution in [1.82, 2.24) is 4.90 Å². The lowest BCUT2D eigenvalue weighted by molar-refractivity contribution is -0.137. The van der Waals surface area contributed by atoms with E-state index in [0.717, 1.165) is 22.9 Å². The van der Waals surface area contributed by atoms with Crippen LogP contribution in [0.5, 0.6) is 0 Å². The van der Waals surface area contributed by atoms with E-state index in [-0.39, 0.29) is 39.1 Å². The van der Waals surface area contributed by atoms with Gasteiger partial charge in [0, 0.05) is 6.54 Å². The molecule has 1 aromatic heterocycles. The number of hydrogen-bond donors (Lipinski definition) is 2. The Hall–Kier alpha value is -2.65. The molecule has 27 heavy (non-hydrogen) atoms. The fraction of sp³-hybridized carbons (Fsp3) is 0.222. The number of nitrogens with zero attached hydrogens (tertiary/aromatic N) is 1. The van der Waals surface area contributed by atoms with Gasteiger partial charge in [-0.2, -0.15) is 0 Å². The van der Waals surface area contributed by atoms with Crippen LogP contribution in [0.25, 0.3) is 17.0 Å². The number of aliphatic carboxylic acids is 1. The zero-order chi connectivity index (χ0) is 19.9. The molecule has 1 amide bonds. The summed E-state index contributed by atoms with van der Waals surface area (Å²) < 4.78 is 5.81. The Morgan fingerprint density at radius 2 is 2.00 bits per heavy atom. The van der Waals surface area contributed by atoms with Crippen LogP contribution in [0.3, 0.4) is 0 Å². The topological polar surface area (TPSA) is 114 Å². The molecule has 0 atom stereocenters. The molecule has 3 N–H and O–H groups in total. The number of carbonyl (C=O) groups is 2. The van der Waals surface area contributed by atoms with Crippen LogP contribution < -0.4 is 11.2 Å². The molecule has 0 aliphatic carbocycles. The van der Waals surface area contributed by atoms with E-state index in [4.69, 9.17) is 27.5 Å². The van der Waals surface area contributed by atoms with Crippen molar-refractivity contribution >= 4 is 63.1 Å². The summed E-state index contributed by atoms with van der Waals surface area (Å²) in [5.74, 6) is -1.57. The van der Waals surface area contributed by atoms with Crippen LogP contribution in [0.4, 0.5) is 5.88 Å². The molecular formula is C18H16N2O5S2. The van der Waals surface area contributed by atoms with Crippen molar-refractivity contribution in [2.24, 2.45) is 0 Å². The molecule has 140 valence electrons. The number of benzene rings is 1. The van der Waals surface area contributed by atoms with Crippen molar-refractivity contribution in [1.29, 1.82) is 0 Å². The summed E-state index contributed by atoms with van der Waals surface area (Å²) in [5.41, 5.74) is 7.93. The minimum atomic E-state index is -1.03. The number of nitrogen functional groups attached to an aromatic ring is 1. The maximum absolute atomic E-state index is 12.9. The average Bonchev–Trinajstić information content (AvgIpc) is 2.85. The van der Waals surface area contributed by atoms with Crippen LogP contribution in [0.15, 0.2) is 26.2 Å². The van der Waals surface area contributed by atoms with Crippen LogP contribution in [0.1, 0.15) is 23.1 Å². The summed E-state index contributed by atoms with van der Waals surface area (Å²) >= 11 is 6.14. The molecule has 0 spiro atoms. The molecule has 3 rings (SSSR count). The number of carboxylic acids is 1. The third kappa shape index (κ3) is 3.60. The Morgan fingerprint density at radius 3 is 2.67 bits per heavy atom. The molecule has 9 heteroatoms. The number of thioether (sulfide) groups is 1. The number of anilines is 1. The van der Waals surface area contributed by atoms with Gasteiger partial charge in [-0.25, -0.2) is 0 Å². The zero-order valence-corrected chi connectivity index (χ0v) is 16.2. The van der Waals surface area contributed by atoms with Gasteiger partial charge in [-0.3, -0.25) is 19.3 Å². The fourth-order valence-electron chi connectivity index (χ4n) is 2.65. The SMILES string of the molecule is Cc1cc2oc(N)c(/C=C3/SC(=S)N(CCC(=O)O)C3=O)c(=O)c2cc1C. The van der Waals surface area contributed by atoms with Crippen molar-refractivity contribution in [3.63, 3.8) is 0 Å². The van der Waals surface area contributed by atoms with Gasteiger partial charge >= 0.3 is 5.97 Å². The van der Waals surface area contributed by atoms with E-state index in [2.05, 4.69) is 0 Å². The lowest BCUT2D eigenvalue weighted by Gasteiger charge is -2.12. The van der Waals surface area contributed by atoms with E-state index >= 15 is 0 Å². The third-order valence-electron chi connectivity index (χ3n) is 4.27. The largest absolute Gasteiger partial charge is 0.481 e. The Kier molecular flexibility index (Phi) is 5.07. The van der Waals surface area contributed by atoms with Gasteiger partial charge in [-0.15, -0.1) is 0 Å². The lowest BCUT2D eigenvalue weighted by atomic mass is 10.1. The second-order valence-corrected chi connectivity index (χ2v) is 7.79. The van der Waals surface area contributed by atoms with Gasteiger partial charge in [0.2, 0.25) is 11.3 Å². The quantitative estimate of drug-likeness (QED) is 0.591. The van der Waals surface area contributed by atoms with Crippen LogP contribution >= 0.6 is 24.0 Å². The zero-order valence-electron chi connectivity index (χ0n) is 14.6. The Bertz CT molecular complexity index is 1090. The highest BCUT2D eigenvalue weighted by Crippen LogP contribution is 2.33. The number of carboxylic acid groups (broad SMARTS) is 1. The fourth-order valence-corrected chi connectivity index (χ4v) is 3.94.